The molecule has 10 nitrogen and oxygen atoms in total. The van der Waals surface area contributed by atoms with Gasteiger partial charge in [0.25, 0.3) is 0 Å². The number of nitrogens with zero attached hydrogens (tertiary/aromatic N) is 6. The van der Waals surface area contributed by atoms with E-state index in [1.165, 1.54) is 0 Å². The lowest BCUT2D eigenvalue weighted by Gasteiger charge is -2.36. The summed E-state index contributed by atoms with van der Waals surface area (Å²) in [5.74, 6) is 1.95. The molecule has 11 heteroatoms. The Bertz CT molecular complexity index is 1520. The number of amides is 1. The number of anilines is 3. The Labute approximate surface area is 276 Å². The van der Waals surface area contributed by atoms with Crippen LogP contribution in [0.15, 0.2) is 85.2 Å². The number of hydrogen-bond donors (Lipinski definition) is 2. The number of alkyl halides is 1. The van der Waals surface area contributed by atoms with Crippen LogP contribution in [-0.2, 0) is 22.0 Å². The molecule has 1 atom stereocenters. The van der Waals surface area contributed by atoms with Gasteiger partial charge in [-0.3, -0.25) is 9.69 Å². The molecule has 5 rings (SSSR count). The predicted octanol–water partition coefficient (Wildman–Crippen LogP) is 4.80. The maximum Gasteiger partial charge on any atom is 0.236 e. The summed E-state index contributed by atoms with van der Waals surface area (Å²) in [5, 5.41) is 6.68. The van der Waals surface area contributed by atoms with Crippen molar-refractivity contribution in [2.45, 2.75) is 24.9 Å². The van der Waals surface area contributed by atoms with Gasteiger partial charge < -0.3 is 25.2 Å². The summed E-state index contributed by atoms with van der Waals surface area (Å²) in [6.45, 7) is 5.55. The zero-order valence-electron chi connectivity index (χ0n) is 26.6. The lowest BCUT2D eigenvalue weighted by molar-refractivity contribution is -0.132. The first-order valence-corrected chi connectivity index (χ1v) is 16.2. The minimum absolute atomic E-state index is 0.130. The SMILES string of the molecule is CN(CCCN(C)c1ccc(-c2ccnc(Nc3cccc(CCl)c3)n2)cn1)C(=O)CN1CCNCC1COCc1ccccc1. The number of benzene rings is 2. The van der Waals surface area contributed by atoms with Gasteiger partial charge in [0.1, 0.15) is 5.82 Å². The van der Waals surface area contributed by atoms with Gasteiger partial charge in [-0.05, 0) is 47.9 Å². The number of aromatic nitrogens is 3. The zero-order chi connectivity index (χ0) is 32.1. The molecule has 0 spiro atoms. The molecule has 1 fully saturated rings. The number of nitrogens with one attached hydrogen (secondary N) is 2. The van der Waals surface area contributed by atoms with Crippen molar-refractivity contribution in [3.63, 3.8) is 0 Å². The molecule has 2 aromatic heterocycles. The van der Waals surface area contributed by atoms with E-state index in [-0.39, 0.29) is 11.9 Å². The Morgan fingerprint density at radius 3 is 2.70 bits per heavy atom. The molecule has 0 saturated carbocycles. The van der Waals surface area contributed by atoms with Gasteiger partial charge in [0.05, 0.1) is 25.5 Å². The third kappa shape index (κ3) is 9.70. The summed E-state index contributed by atoms with van der Waals surface area (Å²) >= 11 is 5.97. The van der Waals surface area contributed by atoms with Crippen LogP contribution in [0.3, 0.4) is 0 Å². The molecule has 2 aromatic carbocycles. The fraction of sp³-hybridized carbons (Fsp3) is 0.371. The standard InChI is InChI=1S/C35H43ClN8O2/c1-42(33-13-12-29(22-39-33)32-14-15-38-35(41-32)40-30-11-6-10-28(20-30)21-36)17-7-18-43(2)34(45)24-44-19-16-37-23-31(44)26-46-25-27-8-4-3-5-9-27/h3-6,8-15,20,22,31,37H,7,16-19,21,23-26H2,1-2H3,(H,38,40,41). The summed E-state index contributed by atoms with van der Waals surface area (Å²) in [5.41, 5.74) is 4.74. The molecule has 1 unspecified atom stereocenters. The number of likely N-dealkylation sites (N-methyl/N-ethyl adjacent to an activating group) is 1. The lowest BCUT2D eigenvalue weighted by Crippen LogP contribution is -2.55. The Balaban J connectivity index is 1.06. The summed E-state index contributed by atoms with van der Waals surface area (Å²) < 4.78 is 6.00. The molecule has 0 radical (unpaired) electrons. The van der Waals surface area contributed by atoms with E-state index in [0.29, 0.717) is 38.1 Å². The van der Waals surface area contributed by atoms with Crippen molar-refractivity contribution in [2.75, 3.05) is 70.2 Å². The smallest absolute Gasteiger partial charge is 0.236 e. The Morgan fingerprint density at radius 1 is 1.04 bits per heavy atom. The highest BCUT2D eigenvalue weighted by atomic mass is 35.5. The molecule has 1 amide bonds. The second kappa shape index (κ2) is 17.0. The van der Waals surface area contributed by atoms with Crippen molar-refractivity contribution < 1.29 is 9.53 Å². The Hall–Kier alpha value is -4.09. The van der Waals surface area contributed by atoms with Crippen molar-refractivity contribution in [1.82, 2.24) is 30.1 Å². The van der Waals surface area contributed by atoms with Gasteiger partial charge in [-0.2, -0.15) is 0 Å². The number of piperazine rings is 1. The van der Waals surface area contributed by atoms with E-state index in [2.05, 4.69) is 47.5 Å². The number of rotatable bonds is 15. The molecular weight excluding hydrogens is 600 g/mol. The number of ether oxygens (including phenoxy) is 1. The zero-order valence-corrected chi connectivity index (χ0v) is 27.4. The lowest BCUT2D eigenvalue weighted by atomic mass is 10.2. The number of pyridine rings is 1. The van der Waals surface area contributed by atoms with Crippen LogP contribution < -0.4 is 15.5 Å². The molecule has 242 valence electrons. The van der Waals surface area contributed by atoms with Crippen LogP contribution in [0, 0.1) is 0 Å². The first kappa shape index (κ1) is 33.3. The van der Waals surface area contributed by atoms with Gasteiger partial charge >= 0.3 is 0 Å². The largest absolute Gasteiger partial charge is 0.375 e. The van der Waals surface area contributed by atoms with Gasteiger partial charge in [-0.25, -0.2) is 15.0 Å². The maximum atomic E-state index is 13.1. The average Bonchev–Trinajstić information content (AvgIpc) is 3.09. The highest BCUT2D eigenvalue weighted by Gasteiger charge is 2.25. The van der Waals surface area contributed by atoms with Crippen molar-refractivity contribution in [3.8, 4) is 11.3 Å². The highest BCUT2D eigenvalue weighted by molar-refractivity contribution is 6.17. The summed E-state index contributed by atoms with van der Waals surface area (Å²) in [6.07, 6.45) is 4.39. The van der Waals surface area contributed by atoms with Crippen LogP contribution in [0.25, 0.3) is 11.3 Å². The predicted molar refractivity (Wildman–Crippen MR) is 184 cm³/mol. The van der Waals surface area contributed by atoms with Gasteiger partial charge in [-0.15, -0.1) is 11.6 Å². The molecule has 1 saturated heterocycles. The summed E-state index contributed by atoms with van der Waals surface area (Å²) in [6, 6.07) is 24.1. The molecule has 3 heterocycles. The summed E-state index contributed by atoms with van der Waals surface area (Å²) in [7, 11) is 3.91. The van der Waals surface area contributed by atoms with E-state index >= 15 is 0 Å². The fourth-order valence-corrected chi connectivity index (χ4v) is 5.51. The van der Waals surface area contributed by atoms with E-state index in [1.807, 2.05) is 85.9 Å². The van der Waals surface area contributed by atoms with Gasteiger partial charge in [-0.1, -0.05) is 42.5 Å². The van der Waals surface area contributed by atoms with Crippen LogP contribution in [0.5, 0.6) is 0 Å². The third-order valence-electron chi connectivity index (χ3n) is 8.07. The Morgan fingerprint density at radius 2 is 1.89 bits per heavy atom. The van der Waals surface area contributed by atoms with E-state index in [1.54, 1.807) is 6.20 Å². The van der Waals surface area contributed by atoms with Crippen LogP contribution in [0.2, 0.25) is 0 Å². The van der Waals surface area contributed by atoms with Gasteiger partial charge in [0.15, 0.2) is 0 Å². The minimum Gasteiger partial charge on any atom is -0.375 e. The van der Waals surface area contributed by atoms with Crippen molar-refractivity contribution in [1.29, 1.82) is 0 Å². The van der Waals surface area contributed by atoms with Crippen LogP contribution >= 0.6 is 11.6 Å². The third-order valence-corrected chi connectivity index (χ3v) is 8.38. The maximum absolute atomic E-state index is 13.1. The van der Waals surface area contributed by atoms with E-state index in [4.69, 9.17) is 16.3 Å². The average molecular weight is 643 g/mol. The Kier molecular flexibility index (Phi) is 12.3. The first-order valence-electron chi connectivity index (χ1n) is 15.7. The highest BCUT2D eigenvalue weighted by Crippen LogP contribution is 2.22. The van der Waals surface area contributed by atoms with E-state index < -0.39 is 0 Å². The topological polar surface area (TPSA) is 98.8 Å². The number of halogens is 1. The first-order chi connectivity index (χ1) is 22.5. The minimum atomic E-state index is 0.130. The summed E-state index contributed by atoms with van der Waals surface area (Å²) in [4.78, 5) is 33.0. The van der Waals surface area contributed by atoms with Crippen LogP contribution in [-0.4, -0.2) is 96.7 Å². The molecule has 4 aromatic rings. The monoisotopic (exact) mass is 642 g/mol. The second-order valence-corrected chi connectivity index (χ2v) is 11.8. The second-order valence-electron chi connectivity index (χ2n) is 11.5. The number of hydrogen-bond acceptors (Lipinski definition) is 9. The molecular formula is C35H43ClN8O2. The van der Waals surface area contributed by atoms with E-state index in [0.717, 1.165) is 66.5 Å². The number of carbonyl (C=O) groups excluding carboxylic acids is 1. The molecule has 0 bridgehead atoms. The molecule has 2 N–H and O–H groups in total. The fourth-order valence-electron chi connectivity index (χ4n) is 5.35. The normalized spacial score (nSPS) is 15.0. The van der Waals surface area contributed by atoms with Gasteiger partial charge in [0, 0.05) is 82.4 Å². The molecule has 1 aliphatic rings. The van der Waals surface area contributed by atoms with Crippen molar-refractivity contribution in [2.24, 2.45) is 0 Å². The van der Waals surface area contributed by atoms with Gasteiger partial charge in [0.2, 0.25) is 11.9 Å². The quantitative estimate of drug-likeness (QED) is 0.177. The molecule has 1 aliphatic heterocycles. The van der Waals surface area contributed by atoms with Crippen LogP contribution in [0.4, 0.5) is 17.5 Å². The van der Waals surface area contributed by atoms with Crippen molar-refractivity contribution in [3.05, 3.63) is 96.3 Å². The van der Waals surface area contributed by atoms with Crippen LogP contribution in [0.1, 0.15) is 17.5 Å². The molecule has 46 heavy (non-hydrogen) atoms. The number of carbonyl (C=O) groups is 1. The van der Waals surface area contributed by atoms with E-state index in [9.17, 15) is 4.79 Å². The molecule has 0 aliphatic carbocycles. The van der Waals surface area contributed by atoms with Crippen molar-refractivity contribution >= 4 is 35.0 Å².